The number of aliphatic hydroxyl groups is 1. The van der Waals surface area contributed by atoms with E-state index in [1.807, 2.05) is 20.8 Å². The highest BCUT2D eigenvalue weighted by atomic mass is 16.6. The van der Waals surface area contributed by atoms with Gasteiger partial charge in [-0.1, -0.05) is 41.5 Å². The summed E-state index contributed by atoms with van der Waals surface area (Å²) in [5.41, 5.74) is -0.977. The van der Waals surface area contributed by atoms with E-state index < -0.39 is 17.0 Å². The fourth-order valence-electron chi connectivity index (χ4n) is 1.47. The first-order valence-electron chi connectivity index (χ1n) is 6.07. The third-order valence-corrected chi connectivity index (χ3v) is 2.90. The molecule has 102 valence electrons. The number of rotatable bonds is 2. The van der Waals surface area contributed by atoms with Crippen LogP contribution in [0.5, 0.6) is 0 Å². The zero-order valence-corrected chi connectivity index (χ0v) is 12.0. The van der Waals surface area contributed by atoms with E-state index in [2.05, 4.69) is 0 Å². The fourth-order valence-corrected chi connectivity index (χ4v) is 1.47. The molecule has 1 atom stereocenters. The first-order valence-corrected chi connectivity index (χ1v) is 6.07. The van der Waals surface area contributed by atoms with Gasteiger partial charge >= 0.3 is 0 Å². The highest BCUT2D eigenvalue weighted by molar-refractivity contribution is 6.01. The van der Waals surface area contributed by atoms with Crippen molar-refractivity contribution in [1.82, 2.24) is 0 Å². The number of hydrogen-bond acceptors (Lipinski definition) is 4. The molecule has 0 saturated carbocycles. The second-order valence-corrected chi connectivity index (χ2v) is 6.86. The maximum Gasteiger partial charge on any atom is 0.278 e. The smallest absolute Gasteiger partial charge is 0.278 e. The van der Waals surface area contributed by atoms with Crippen molar-refractivity contribution in [1.29, 1.82) is 0 Å². The Hall–Kier alpha value is -1.16. The maximum atomic E-state index is 11.9. The summed E-state index contributed by atoms with van der Waals surface area (Å²) >= 11 is 0. The van der Waals surface area contributed by atoms with Crippen LogP contribution in [0.3, 0.4) is 0 Å². The van der Waals surface area contributed by atoms with Crippen LogP contribution in [0.4, 0.5) is 0 Å². The molecule has 0 saturated heterocycles. The van der Waals surface area contributed by atoms with Crippen LogP contribution in [0.25, 0.3) is 0 Å². The van der Waals surface area contributed by atoms with Crippen molar-refractivity contribution < 1.29 is 19.4 Å². The number of ketones is 2. The summed E-state index contributed by atoms with van der Waals surface area (Å²) in [5.74, 6) is -2.36. The summed E-state index contributed by atoms with van der Waals surface area (Å²) in [6.07, 6.45) is 0.974. The van der Waals surface area contributed by atoms with E-state index in [4.69, 9.17) is 4.74 Å². The average Bonchev–Trinajstić information content (AvgIpc) is 2.40. The molecule has 4 nitrogen and oxygen atoms in total. The van der Waals surface area contributed by atoms with Crippen LogP contribution in [0.1, 0.15) is 48.0 Å². The molecule has 1 N–H and O–H groups in total. The van der Waals surface area contributed by atoms with Crippen LogP contribution in [0.15, 0.2) is 11.8 Å². The van der Waals surface area contributed by atoms with Gasteiger partial charge in [0, 0.05) is 16.9 Å². The first kappa shape index (κ1) is 14.9. The van der Waals surface area contributed by atoms with Crippen LogP contribution in [0.2, 0.25) is 0 Å². The van der Waals surface area contributed by atoms with Crippen molar-refractivity contribution in [2.24, 2.45) is 10.8 Å². The number of ether oxygens (including phenoxy) is 1. The predicted molar refractivity (Wildman–Crippen MR) is 67.7 cm³/mol. The number of Topliss-reactive ketones (excluding diaryl/α,β-unsaturated/α-hetero) is 1. The van der Waals surface area contributed by atoms with Crippen LogP contribution in [-0.2, 0) is 14.3 Å². The van der Waals surface area contributed by atoms with E-state index in [1.165, 1.54) is 6.08 Å². The lowest BCUT2D eigenvalue weighted by atomic mass is 9.86. The van der Waals surface area contributed by atoms with E-state index in [1.54, 1.807) is 20.8 Å². The van der Waals surface area contributed by atoms with E-state index in [0.717, 1.165) is 0 Å². The normalized spacial score (nSPS) is 24.8. The quantitative estimate of drug-likeness (QED) is 0.820. The zero-order chi connectivity index (χ0) is 14.4. The number of hydrogen-bond donors (Lipinski definition) is 1. The Bertz CT molecular complexity index is 406. The van der Waals surface area contributed by atoms with Crippen LogP contribution in [-0.4, -0.2) is 22.5 Å². The van der Waals surface area contributed by atoms with Gasteiger partial charge in [0.05, 0.1) is 6.42 Å². The van der Waals surface area contributed by atoms with Gasteiger partial charge in [-0.15, -0.1) is 0 Å². The summed E-state index contributed by atoms with van der Waals surface area (Å²) in [6.45, 7) is 10.9. The molecule has 0 bridgehead atoms. The third kappa shape index (κ3) is 2.99. The molecule has 0 unspecified atom stereocenters. The molecule has 0 radical (unpaired) electrons. The fraction of sp³-hybridized carbons (Fsp3) is 0.714. The highest BCUT2D eigenvalue weighted by Crippen LogP contribution is 2.37. The molecule has 0 fully saturated rings. The lowest BCUT2D eigenvalue weighted by Gasteiger charge is -2.28. The molecule has 18 heavy (non-hydrogen) atoms. The SMILES string of the molecule is CC(C)(C)C(=O)C[C@]1(O)OC(C(C)(C)C)=CC1=O. The van der Waals surface area contributed by atoms with Gasteiger partial charge in [-0.2, -0.15) is 0 Å². The van der Waals surface area contributed by atoms with Crippen LogP contribution in [0, 0.1) is 10.8 Å². The minimum Gasteiger partial charge on any atom is -0.458 e. The van der Waals surface area contributed by atoms with Gasteiger partial charge in [0.2, 0.25) is 5.78 Å². The zero-order valence-electron chi connectivity index (χ0n) is 12.0. The Labute approximate surface area is 108 Å². The van der Waals surface area contributed by atoms with Crippen molar-refractivity contribution in [3.63, 3.8) is 0 Å². The summed E-state index contributed by atoms with van der Waals surface area (Å²) in [4.78, 5) is 23.7. The van der Waals surface area contributed by atoms with Gasteiger partial charge in [-0.05, 0) is 0 Å². The highest BCUT2D eigenvalue weighted by Gasteiger charge is 2.48. The standard InChI is InChI=1S/C14H22O4/c1-12(2,3)10(16)8-14(17)9(15)7-11(18-14)13(4,5)6/h7,17H,8H2,1-6H3/t14-/m0/s1. The van der Waals surface area contributed by atoms with Crippen LogP contribution >= 0.6 is 0 Å². The Kier molecular flexibility index (Phi) is 3.47. The molecule has 1 rings (SSSR count). The summed E-state index contributed by atoms with van der Waals surface area (Å²) in [7, 11) is 0. The van der Waals surface area contributed by atoms with Crippen molar-refractivity contribution in [2.75, 3.05) is 0 Å². The van der Waals surface area contributed by atoms with E-state index >= 15 is 0 Å². The summed E-state index contributed by atoms with van der Waals surface area (Å²) in [6, 6.07) is 0. The largest absolute Gasteiger partial charge is 0.458 e. The lowest BCUT2D eigenvalue weighted by molar-refractivity contribution is -0.187. The van der Waals surface area contributed by atoms with Gasteiger partial charge in [0.25, 0.3) is 5.79 Å². The minimum absolute atomic E-state index is 0.207. The second kappa shape index (κ2) is 4.19. The second-order valence-electron chi connectivity index (χ2n) is 6.86. The Morgan fingerprint density at radius 2 is 1.78 bits per heavy atom. The van der Waals surface area contributed by atoms with Gasteiger partial charge in [-0.25, -0.2) is 0 Å². The van der Waals surface area contributed by atoms with Gasteiger partial charge < -0.3 is 9.84 Å². The topological polar surface area (TPSA) is 63.6 Å². The molecule has 0 aliphatic carbocycles. The number of allylic oxidation sites excluding steroid dienone is 1. The molecular formula is C14H22O4. The first-order chi connectivity index (χ1) is 7.86. The molecule has 1 heterocycles. The lowest BCUT2D eigenvalue weighted by Crippen LogP contribution is -2.41. The molecule has 0 aromatic carbocycles. The predicted octanol–water partition coefficient (Wildman–Crippen LogP) is 2.21. The molecule has 4 heteroatoms. The van der Waals surface area contributed by atoms with Gasteiger partial charge in [-0.3, -0.25) is 9.59 Å². The van der Waals surface area contributed by atoms with Crippen molar-refractivity contribution in [2.45, 2.75) is 53.8 Å². The molecule has 1 aliphatic rings. The molecular weight excluding hydrogens is 232 g/mol. The van der Waals surface area contributed by atoms with Crippen molar-refractivity contribution in [3.05, 3.63) is 11.8 Å². The molecule has 0 amide bonds. The van der Waals surface area contributed by atoms with Crippen LogP contribution < -0.4 is 0 Å². The molecule has 1 aliphatic heterocycles. The molecule has 0 aromatic heterocycles. The summed E-state index contributed by atoms with van der Waals surface area (Å²) < 4.78 is 5.34. The molecule has 0 aromatic rings. The monoisotopic (exact) mass is 254 g/mol. The summed E-state index contributed by atoms with van der Waals surface area (Å²) in [5, 5.41) is 10.2. The van der Waals surface area contributed by atoms with Gasteiger partial charge in [0.1, 0.15) is 11.5 Å². The Morgan fingerprint density at radius 3 is 2.11 bits per heavy atom. The van der Waals surface area contributed by atoms with Crippen molar-refractivity contribution >= 4 is 11.6 Å². The Balaban J connectivity index is 2.88. The third-order valence-electron chi connectivity index (χ3n) is 2.90. The average molecular weight is 254 g/mol. The van der Waals surface area contributed by atoms with Gasteiger partial charge in [0.15, 0.2) is 0 Å². The van der Waals surface area contributed by atoms with Crippen molar-refractivity contribution in [3.8, 4) is 0 Å². The molecule has 0 spiro atoms. The van der Waals surface area contributed by atoms with E-state index in [9.17, 15) is 14.7 Å². The van der Waals surface area contributed by atoms with E-state index in [-0.39, 0.29) is 17.6 Å². The Morgan fingerprint density at radius 1 is 1.28 bits per heavy atom. The number of carbonyl (C=O) groups excluding carboxylic acids is 2. The maximum absolute atomic E-state index is 11.9. The number of carbonyl (C=O) groups is 2. The van der Waals surface area contributed by atoms with E-state index in [0.29, 0.717) is 5.76 Å². The minimum atomic E-state index is -2.02.